The van der Waals surface area contributed by atoms with E-state index < -0.39 is 6.04 Å². The van der Waals surface area contributed by atoms with Gasteiger partial charge in [-0.15, -0.1) is 0 Å². The number of nitrogens with zero attached hydrogens (tertiary/aromatic N) is 2. The van der Waals surface area contributed by atoms with Gasteiger partial charge in [0.15, 0.2) is 5.78 Å². The molecule has 6 nitrogen and oxygen atoms in total. The van der Waals surface area contributed by atoms with Gasteiger partial charge in [0.25, 0.3) is 0 Å². The summed E-state index contributed by atoms with van der Waals surface area (Å²) in [6.07, 6.45) is 6.78. The van der Waals surface area contributed by atoms with E-state index in [2.05, 4.69) is 48.3 Å². The second kappa shape index (κ2) is 13.4. The van der Waals surface area contributed by atoms with Crippen LogP contribution in [0.5, 0.6) is 0 Å². The van der Waals surface area contributed by atoms with Crippen LogP contribution in [-0.4, -0.2) is 48.2 Å². The molecule has 3 atom stereocenters. The van der Waals surface area contributed by atoms with Gasteiger partial charge >= 0.3 is 0 Å². The molecule has 0 aromatic heterocycles. The summed E-state index contributed by atoms with van der Waals surface area (Å²) in [4.78, 5) is 43.3. The standard InChI is InChI=1S/C31H40ClN3O3/c1-22(2)18-28(30(37)20-34-17-7-10-23-8-3-4-9-24(23)19-34)33-31(38)27-11-5-6-12-29(27)35(21-36)26-15-13-25(32)14-16-26/h3-4,8-9,13-16,21-22,27-29H,5-7,10-12,17-20H2,1-2H3,(H,33,38)/t27-,28+,29+/m1/s1. The molecule has 1 N–H and O–H groups in total. The second-order valence-electron chi connectivity index (χ2n) is 11.2. The normalized spacial score (nSPS) is 20.7. The fourth-order valence-corrected chi connectivity index (χ4v) is 6.08. The van der Waals surface area contributed by atoms with Crippen LogP contribution in [0.4, 0.5) is 5.69 Å². The van der Waals surface area contributed by atoms with E-state index in [0.29, 0.717) is 24.4 Å². The van der Waals surface area contributed by atoms with Crippen LogP contribution < -0.4 is 10.2 Å². The number of fused-ring (bicyclic) bond motifs is 1. The molecule has 2 amide bonds. The van der Waals surface area contributed by atoms with Crippen LogP contribution >= 0.6 is 11.6 Å². The summed E-state index contributed by atoms with van der Waals surface area (Å²) < 4.78 is 0. The predicted octanol–water partition coefficient (Wildman–Crippen LogP) is 5.41. The minimum Gasteiger partial charge on any atom is -0.346 e. The molecule has 1 heterocycles. The summed E-state index contributed by atoms with van der Waals surface area (Å²) in [5.41, 5.74) is 3.37. The van der Waals surface area contributed by atoms with Crippen molar-refractivity contribution in [3.8, 4) is 0 Å². The first kappa shape index (κ1) is 28.3. The quantitative estimate of drug-likeness (QED) is 0.411. The molecule has 0 radical (unpaired) electrons. The maximum atomic E-state index is 13.7. The molecular formula is C31H40ClN3O3. The van der Waals surface area contributed by atoms with Crippen LogP contribution in [0.1, 0.15) is 63.5 Å². The lowest BCUT2D eigenvalue weighted by Crippen LogP contribution is -2.53. The molecule has 1 aliphatic carbocycles. The fraction of sp³-hybridized carbons (Fsp3) is 0.516. The Balaban J connectivity index is 1.46. The maximum absolute atomic E-state index is 13.7. The van der Waals surface area contributed by atoms with E-state index in [9.17, 15) is 14.4 Å². The van der Waals surface area contributed by atoms with Crippen LogP contribution in [0, 0.1) is 11.8 Å². The third-order valence-corrected chi connectivity index (χ3v) is 8.14. The monoisotopic (exact) mass is 537 g/mol. The summed E-state index contributed by atoms with van der Waals surface area (Å²) in [7, 11) is 0. The molecule has 0 spiro atoms. The highest BCUT2D eigenvalue weighted by Crippen LogP contribution is 2.32. The first-order valence-corrected chi connectivity index (χ1v) is 14.3. The summed E-state index contributed by atoms with van der Waals surface area (Å²) in [5, 5.41) is 3.73. The van der Waals surface area contributed by atoms with Gasteiger partial charge in [0, 0.05) is 23.3 Å². The highest BCUT2D eigenvalue weighted by molar-refractivity contribution is 6.30. The number of benzene rings is 2. The van der Waals surface area contributed by atoms with Crippen LogP contribution in [0.25, 0.3) is 0 Å². The lowest BCUT2D eigenvalue weighted by Gasteiger charge is -2.38. The number of aryl methyl sites for hydroxylation is 1. The summed E-state index contributed by atoms with van der Waals surface area (Å²) in [6.45, 7) is 6.10. The van der Waals surface area contributed by atoms with Crippen molar-refractivity contribution in [2.45, 2.75) is 77.4 Å². The van der Waals surface area contributed by atoms with E-state index in [1.807, 2.05) is 12.1 Å². The van der Waals surface area contributed by atoms with Crippen molar-refractivity contribution < 1.29 is 14.4 Å². The third-order valence-electron chi connectivity index (χ3n) is 7.89. The molecule has 0 bridgehead atoms. The van der Waals surface area contributed by atoms with Gasteiger partial charge in [0.2, 0.25) is 12.3 Å². The molecule has 204 valence electrons. The van der Waals surface area contributed by atoms with Gasteiger partial charge in [0.1, 0.15) is 0 Å². The molecule has 2 aromatic carbocycles. The minimum absolute atomic E-state index is 0.0590. The summed E-state index contributed by atoms with van der Waals surface area (Å²) >= 11 is 6.05. The summed E-state index contributed by atoms with van der Waals surface area (Å²) in [5.74, 6) is -0.173. The van der Waals surface area contributed by atoms with Gasteiger partial charge in [-0.05, 0) is 80.0 Å². The van der Waals surface area contributed by atoms with E-state index in [4.69, 9.17) is 11.6 Å². The highest BCUT2D eigenvalue weighted by atomic mass is 35.5. The Bertz CT molecular complexity index is 1100. The van der Waals surface area contributed by atoms with Crippen molar-refractivity contribution in [3.63, 3.8) is 0 Å². The Kier molecular flexibility index (Phi) is 9.97. The van der Waals surface area contributed by atoms with E-state index in [-0.39, 0.29) is 29.6 Å². The Morgan fingerprint density at radius 2 is 1.76 bits per heavy atom. The Labute approximate surface area is 231 Å². The zero-order valence-corrected chi connectivity index (χ0v) is 23.3. The average Bonchev–Trinajstić information content (AvgIpc) is 3.11. The van der Waals surface area contributed by atoms with Crippen molar-refractivity contribution in [1.29, 1.82) is 0 Å². The smallest absolute Gasteiger partial charge is 0.225 e. The van der Waals surface area contributed by atoms with Crippen molar-refractivity contribution >= 4 is 35.4 Å². The molecule has 2 aliphatic rings. The Hall–Kier alpha value is -2.70. The number of Topliss-reactive ketones (excluding diaryl/α,β-unsaturated/α-hetero) is 1. The van der Waals surface area contributed by atoms with Crippen molar-refractivity contribution in [2.75, 3.05) is 18.0 Å². The molecule has 4 rings (SSSR count). The molecular weight excluding hydrogens is 498 g/mol. The van der Waals surface area contributed by atoms with Gasteiger partial charge in [0.05, 0.1) is 18.5 Å². The van der Waals surface area contributed by atoms with Gasteiger partial charge < -0.3 is 10.2 Å². The molecule has 1 fully saturated rings. The molecule has 1 aliphatic heterocycles. The highest BCUT2D eigenvalue weighted by Gasteiger charge is 2.37. The van der Waals surface area contributed by atoms with Crippen molar-refractivity contribution in [3.05, 3.63) is 64.7 Å². The number of hydrogen-bond donors (Lipinski definition) is 1. The van der Waals surface area contributed by atoms with Crippen LogP contribution in [0.2, 0.25) is 5.02 Å². The predicted molar refractivity (Wildman–Crippen MR) is 152 cm³/mol. The molecule has 2 aromatic rings. The first-order valence-electron chi connectivity index (χ1n) is 14.0. The van der Waals surface area contributed by atoms with E-state index in [1.165, 1.54) is 11.1 Å². The SMILES string of the molecule is CC(C)C[C@H](NC(=O)[C@@H]1CCCC[C@@H]1N(C=O)c1ccc(Cl)cc1)C(=O)CN1CCCc2ccccc2C1. The summed E-state index contributed by atoms with van der Waals surface area (Å²) in [6, 6.07) is 14.8. The first-order chi connectivity index (χ1) is 18.4. The van der Waals surface area contributed by atoms with Gasteiger partial charge in [-0.1, -0.05) is 62.6 Å². The number of halogens is 1. The maximum Gasteiger partial charge on any atom is 0.225 e. The average molecular weight is 538 g/mol. The number of rotatable bonds is 10. The molecule has 7 heteroatoms. The fourth-order valence-electron chi connectivity index (χ4n) is 5.95. The largest absolute Gasteiger partial charge is 0.346 e. The number of amides is 2. The number of anilines is 1. The zero-order chi connectivity index (χ0) is 27.1. The van der Waals surface area contributed by atoms with Crippen LogP contribution in [0.15, 0.2) is 48.5 Å². The molecule has 0 unspecified atom stereocenters. The minimum atomic E-state index is -0.538. The Morgan fingerprint density at radius 1 is 1.05 bits per heavy atom. The van der Waals surface area contributed by atoms with Crippen molar-refractivity contribution in [1.82, 2.24) is 10.2 Å². The second-order valence-corrected chi connectivity index (χ2v) is 11.6. The molecule has 0 saturated heterocycles. The number of carbonyl (C=O) groups excluding carboxylic acids is 3. The third kappa shape index (κ3) is 7.23. The molecule has 38 heavy (non-hydrogen) atoms. The van der Waals surface area contributed by atoms with E-state index in [1.54, 1.807) is 17.0 Å². The zero-order valence-electron chi connectivity index (χ0n) is 22.6. The number of ketones is 1. The Morgan fingerprint density at radius 3 is 2.47 bits per heavy atom. The number of nitrogens with one attached hydrogen (secondary N) is 1. The van der Waals surface area contributed by atoms with E-state index >= 15 is 0 Å². The number of carbonyl (C=O) groups is 3. The van der Waals surface area contributed by atoms with Crippen molar-refractivity contribution in [2.24, 2.45) is 11.8 Å². The van der Waals surface area contributed by atoms with E-state index in [0.717, 1.165) is 57.3 Å². The van der Waals surface area contributed by atoms with Gasteiger partial charge in [-0.3, -0.25) is 19.3 Å². The topological polar surface area (TPSA) is 69.7 Å². The van der Waals surface area contributed by atoms with Crippen LogP contribution in [-0.2, 0) is 27.3 Å². The lowest BCUT2D eigenvalue weighted by molar-refractivity contribution is -0.132. The van der Waals surface area contributed by atoms with Gasteiger partial charge in [-0.2, -0.15) is 0 Å². The number of hydrogen-bond acceptors (Lipinski definition) is 4. The van der Waals surface area contributed by atoms with Crippen LogP contribution in [0.3, 0.4) is 0 Å². The lowest BCUT2D eigenvalue weighted by atomic mass is 9.82. The molecule has 1 saturated carbocycles. The van der Waals surface area contributed by atoms with Gasteiger partial charge in [-0.25, -0.2) is 0 Å².